The third kappa shape index (κ3) is 6.10. The Morgan fingerprint density at radius 1 is 0.970 bits per heavy atom. The molecule has 1 unspecified atom stereocenters. The molecule has 0 radical (unpaired) electrons. The number of aromatic nitrogens is 1. The Morgan fingerprint density at radius 2 is 1.64 bits per heavy atom. The fourth-order valence-corrected chi connectivity index (χ4v) is 3.53. The van der Waals surface area contributed by atoms with Crippen molar-refractivity contribution in [3.8, 4) is 17.2 Å². The third-order valence-electron chi connectivity index (χ3n) is 5.49. The summed E-state index contributed by atoms with van der Waals surface area (Å²) in [7, 11) is 0. The van der Waals surface area contributed by atoms with Gasteiger partial charge < -0.3 is 14.5 Å². The first-order valence-corrected chi connectivity index (χ1v) is 11.2. The van der Waals surface area contributed by atoms with E-state index in [4.69, 9.17) is 9.15 Å². The van der Waals surface area contributed by atoms with Crippen LogP contribution in [0.15, 0.2) is 89.3 Å². The summed E-state index contributed by atoms with van der Waals surface area (Å²) >= 11 is 0. The molecule has 1 amide bonds. The average molecular weight is 441 g/mol. The van der Waals surface area contributed by atoms with Crippen LogP contribution in [0.3, 0.4) is 0 Å². The molecule has 0 aliphatic heterocycles. The second-order valence-corrected chi connectivity index (χ2v) is 8.10. The highest BCUT2D eigenvalue weighted by molar-refractivity contribution is 5.94. The van der Waals surface area contributed by atoms with Crippen molar-refractivity contribution in [2.45, 2.75) is 39.3 Å². The summed E-state index contributed by atoms with van der Waals surface area (Å²) in [6.45, 7) is 4.24. The van der Waals surface area contributed by atoms with E-state index in [0.29, 0.717) is 18.1 Å². The lowest BCUT2D eigenvalue weighted by molar-refractivity contribution is 0.0938. The van der Waals surface area contributed by atoms with Gasteiger partial charge in [-0.3, -0.25) is 4.79 Å². The Balaban J connectivity index is 1.33. The number of amides is 1. The number of nitrogens with zero attached hydrogens (tertiary/aromatic N) is 1. The summed E-state index contributed by atoms with van der Waals surface area (Å²) in [6.07, 6.45) is 1.82. The number of hydrogen-bond acceptors (Lipinski definition) is 4. The quantitative estimate of drug-likeness (QED) is 0.348. The molecule has 3 aromatic carbocycles. The van der Waals surface area contributed by atoms with Crippen molar-refractivity contribution in [1.29, 1.82) is 0 Å². The zero-order valence-electron chi connectivity index (χ0n) is 19.0. The molecule has 5 heteroatoms. The number of aryl methyl sites for hydroxylation is 2. The number of nitrogens with one attached hydrogen (secondary N) is 1. The number of para-hydroxylation sites is 1. The topological polar surface area (TPSA) is 64.4 Å². The molecular weight excluding hydrogens is 412 g/mol. The lowest BCUT2D eigenvalue weighted by Gasteiger charge is -2.14. The Labute approximate surface area is 194 Å². The van der Waals surface area contributed by atoms with E-state index >= 15 is 0 Å². The van der Waals surface area contributed by atoms with Gasteiger partial charge in [0, 0.05) is 17.2 Å². The van der Waals surface area contributed by atoms with Crippen molar-refractivity contribution < 1.29 is 13.9 Å². The summed E-state index contributed by atoms with van der Waals surface area (Å²) in [5.74, 6) is 1.94. The van der Waals surface area contributed by atoms with Gasteiger partial charge in [-0.2, -0.15) is 0 Å². The lowest BCUT2D eigenvalue weighted by atomic mass is 10.1. The van der Waals surface area contributed by atoms with E-state index in [2.05, 4.69) is 22.4 Å². The molecule has 4 aromatic rings. The molecule has 4 rings (SSSR count). The fraction of sp³-hybridized carbons (Fsp3) is 0.214. The van der Waals surface area contributed by atoms with Gasteiger partial charge in [0.2, 0.25) is 5.89 Å². The van der Waals surface area contributed by atoms with Crippen LogP contribution in [0.5, 0.6) is 5.75 Å². The van der Waals surface area contributed by atoms with E-state index in [-0.39, 0.29) is 11.9 Å². The molecule has 0 saturated carbocycles. The smallest absolute Gasteiger partial charge is 0.251 e. The highest BCUT2D eigenvalue weighted by Gasteiger charge is 2.14. The molecule has 1 aromatic heterocycles. The van der Waals surface area contributed by atoms with Crippen molar-refractivity contribution in [3.05, 3.63) is 108 Å². The van der Waals surface area contributed by atoms with E-state index in [1.54, 1.807) is 12.1 Å². The van der Waals surface area contributed by atoms with Crippen molar-refractivity contribution in [2.75, 3.05) is 0 Å². The first-order valence-electron chi connectivity index (χ1n) is 11.2. The van der Waals surface area contributed by atoms with Crippen LogP contribution in [0.2, 0.25) is 0 Å². The van der Waals surface area contributed by atoms with Crippen LogP contribution in [0, 0.1) is 6.92 Å². The van der Waals surface area contributed by atoms with Gasteiger partial charge in [-0.1, -0.05) is 48.5 Å². The zero-order valence-corrected chi connectivity index (χ0v) is 19.0. The second-order valence-electron chi connectivity index (χ2n) is 8.10. The van der Waals surface area contributed by atoms with E-state index in [1.165, 1.54) is 5.56 Å². The van der Waals surface area contributed by atoms with Crippen LogP contribution in [0.4, 0.5) is 0 Å². The highest BCUT2D eigenvalue weighted by Crippen LogP contribution is 2.23. The maximum absolute atomic E-state index is 12.6. The molecule has 0 spiro atoms. The highest BCUT2D eigenvalue weighted by atomic mass is 16.5. The van der Waals surface area contributed by atoms with E-state index in [9.17, 15) is 4.79 Å². The van der Waals surface area contributed by atoms with Gasteiger partial charge in [-0.25, -0.2) is 4.98 Å². The Kier molecular flexibility index (Phi) is 7.20. The second kappa shape index (κ2) is 10.6. The number of carbonyl (C=O) groups excluding carboxylic acids is 1. The first kappa shape index (κ1) is 22.3. The molecule has 0 bridgehead atoms. The minimum absolute atomic E-state index is 0.0809. The summed E-state index contributed by atoms with van der Waals surface area (Å²) in [5.41, 5.74) is 3.46. The molecule has 0 saturated heterocycles. The zero-order chi connectivity index (χ0) is 23.0. The number of benzene rings is 3. The molecule has 168 valence electrons. The molecule has 5 nitrogen and oxygen atoms in total. The van der Waals surface area contributed by atoms with Crippen molar-refractivity contribution in [2.24, 2.45) is 0 Å². The van der Waals surface area contributed by atoms with E-state index in [0.717, 1.165) is 35.6 Å². The van der Waals surface area contributed by atoms with Gasteiger partial charge in [-0.15, -0.1) is 0 Å². The van der Waals surface area contributed by atoms with Crippen molar-refractivity contribution in [1.82, 2.24) is 10.3 Å². The summed E-state index contributed by atoms with van der Waals surface area (Å²) < 4.78 is 11.6. The minimum atomic E-state index is -0.0809. The first-order chi connectivity index (χ1) is 16.1. The number of carbonyl (C=O) groups is 1. The van der Waals surface area contributed by atoms with Crippen LogP contribution >= 0.6 is 0 Å². The molecule has 0 aliphatic carbocycles. The van der Waals surface area contributed by atoms with Crippen molar-refractivity contribution >= 4 is 5.91 Å². The molecular formula is C28H28N2O3. The molecule has 1 heterocycles. The van der Waals surface area contributed by atoms with Crippen molar-refractivity contribution in [3.63, 3.8) is 0 Å². The molecule has 1 atom stereocenters. The Hall–Kier alpha value is -3.86. The molecule has 1 N–H and O–H groups in total. The van der Waals surface area contributed by atoms with Gasteiger partial charge in [0.15, 0.2) is 0 Å². The third-order valence-corrected chi connectivity index (χ3v) is 5.49. The average Bonchev–Trinajstić information content (AvgIpc) is 3.23. The number of rotatable bonds is 9. The predicted molar refractivity (Wildman–Crippen MR) is 129 cm³/mol. The Morgan fingerprint density at radius 3 is 2.33 bits per heavy atom. The van der Waals surface area contributed by atoms with Gasteiger partial charge in [-0.05, 0) is 68.7 Å². The van der Waals surface area contributed by atoms with E-state index < -0.39 is 0 Å². The van der Waals surface area contributed by atoms with Crippen LogP contribution in [-0.2, 0) is 13.0 Å². The van der Waals surface area contributed by atoms with Crippen LogP contribution in [0.25, 0.3) is 11.5 Å². The summed E-state index contributed by atoms with van der Waals surface area (Å²) in [4.78, 5) is 17.2. The van der Waals surface area contributed by atoms with Gasteiger partial charge in [0.05, 0.1) is 0 Å². The molecule has 0 fully saturated rings. The SMILES string of the molecule is Cc1oc(-c2ccc(C(=O)NC(C)CCc3ccccc3)cc2)nc1COc1ccccc1. The van der Waals surface area contributed by atoms with Gasteiger partial charge >= 0.3 is 0 Å². The maximum Gasteiger partial charge on any atom is 0.251 e. The normalized spacial score (nSPS) is 11.7. The number of hydrogen-bond donors (Lipinski definition) is 1. The summed E-state index contributed by atoms with van der Waals surface area (Å²) in [6, 6.07) is 27.3. The number of oxazole rings is 1. The number of ether oxygens (including phenoxy) is 1. The predicted octanol–water partition coefficient (Wildman–Crippen LogP) is 5.98. The summed E-state index contributed by atoms with van der Waals surface area (Å²) in [5, 5.41) is 3.08. The molecule has 33 heavy (non-hydrogen) atoms. The fourth-order valence-electron chi connectivity index (χ4n) is 3.53. The standard InChI is InChI=1S/C28H28N2O3/c1-20(13-14-22-9-5-3-6-10-22)29-27(31)23-15-17-24(18-16-23)28-30-26(21(2)33-28)19-32-25-11-7-4-8-12-25/h3-12,15-18,20H,13-14,19H2,1-2H3,(H,29,31). The lowest BCUT2D eigenvalue weighted by Crippen LogP contribution is -2.32. The monoisotopic (exact) mass is 440 g/mol. The Bertz CT molecular complexity index is 1170. The van der Waals surface area contributed by atoms with Crippen LogP contribution in [0.1, 0.15) is 40.7 Å². The minimum Gasteiger partial charge on any atom is -0.487 e. The van der Waals surface area contributed by atoms with E-state index in [1.807, 2.05) is 74.5 Å². The molecule has 0 aliphatic rings. The van der Waals surface area contributed by atoms with Crippen LogP contribution < -0.4 is 10.1 Å². The maximum atomic E-state index is 12.6. The largest absolute Gasteiger partial charge is 0.487 e. The van der Waals surface area contributed by atoms with Gasteiger partial charge in [0.1, 0.15) is 23.8 Å². The van der Waals surface area contributed by atoms with Crippen LogP contribution in [-0.4, -0.2) is 16.9 Å². The van der Waals surface area contributed by atoms with Gasteiger partial charge in [0.25, 0.3) is 5.91 Å².